The number of nitrogens with one attached hydrogen (secondary N) is 1. The van der Waals surface area contributed by atoms with Gasteiger partial charge in [0.25, 0.3) is 0 Å². The highest BCUT2D eigenvalue weighted by Crippen LogP contribution is 2.14. The molecule has 1 amide bonds. The molecule has 1 atom stereocenters. The molecule has 1 unspecified atom stereocenters. The largest absolute Gasteiger partial charge is 0.449 e. The summed E-state index contributed by atoms with van der Waals surface area (Å²) in [5, 5.41) is 0. The van der Waals surface area contributed by atoms with E-state index in [-0.39, 0.29) is 17.7 Å². The van der Waals surface area contributed by atoms with Gasteiger partial charge < -0.3 is 4.74 Å². The molecule has 2 aromatic rings. The third-order valence-corrected chi connectivity index (χ3v) is 4.60. The monoisotopic (exact) mass is 352 g/mol. The molecule has 20 heavy (non-hydrogen) atoms. The van der Waals surface area contributed by atoms with Gasteiger partial charge in [0.2, 0.25) is 0 Å². The Hall–Kier alpha value is -1.46. The van der Waals surface area contributed by atoms with Crippen LogP contribution in [0.25, 0.3) is 0 Å². The summed E-state index contributed by atoms with van der Waals surface area (Å²) in [6, 6.07) is 17.5. The topological polar surface area (TPSA) is 38.3 Å². The first-order valence-corrected chi connectivity index (χ1v) is 8.46. The van der Waals surface area contributed by atoms with Crippen LogP contribution in [0.4, 0.5) is 4.79 Å². The van der Waals surface area contributed by atoms with E-state index in [9.17, 15) is 4.79 Å². The van der Waals surface area contributed by atoms with Gasteiger partial charge in [-0.25, -0.2) is 4.79 Å². The summed E-state index contributed by atoms with van der Waals surface area (Å²) in [6.45, 7) is 0.282. The van der Waals surface area contributed by atoms with E-state index >= 15 is 0 Å². The molecule has 2 aromatic carbocycles. The summed E-state index contributed by atoms with van der Waals surface area (Å²) in [6.07, 6.45) is 1.55. The zero-order valence-electron chi connectivity index (χ0n) is 11.0. The minimum atomic E-state index is -0.400. The minimum Gasteiger partial charge on any atom is -0.442 e. The number of hydrogen-bond donors (Lipinski definition) is 1. The second kappa shape index (κ2) is 7.36. The van der Waals surface area contributed by atoms with E-state index in [1.807, 2.05) is 60.9 Å². The van der Waals surface area contributed by atoms with Crippen LogP contribution < -0.4 is 4.72 Å². The molecule has 2 rings (SSSR count). The summed E-state index contributed by atoms with van der Waals surface area (Å²) < 4.78 is 9.05. The predicted octanol–water partition coefficient (Wildman–Crippen LogP) is 3.90. The second-order valence-corrected chi connectivity index (χ2v) is 6.74. The van der Waals surface area contributed by atoms with Gasteiger partial charge in [-0.2, -0.15) is 0 Å². The van der Waals surface area contributed by atoms with Crippen molar-refractivity contribution in [2.75, 3.05) is 6.26 Å². The number of amides is 1. The van der Waals surface area contributed by atoms with Crippen molar-refractivity contribution in [2.45, 2.75) is 11.5 Å². The molecular formula is C15H15BrNO2S+. The highest BCUT2D eigenvalue weighted by atomic mass is 79.9. The Labute approximate surface area is 130 Å². The Balaban J connectivity index is 1.83. The summed E-state index contributed by atoms with van der Waals surface area (Å²) >= 11 is 3.01. The average Bonchev–Trinajstić information content (AvgIpc) is 2.47. The van der Waals surface area contributed by atoms with E-state index < -0.39 is 6.09 Å². The van der Waals surface area contributed by atoms with Crippen molar-refractivity contribution < 1.29 is 9.53 Å². The van der Waals surface area contributed by atoms with Crippen molar-refractivity contribution in [1.82, 2.24) is 4.72 Å². The first-order valence-electron chi connectivity index (χ1n) is 6.04. The number of benzene rings is 2. The molecule has 0 saturated carbocycles. The molecular weight excluding hydrogens is 338 g/mol. The third kappa shape index (κ3) is 4.58. The summed E-state index contributed by atoms with van der Waals surface area (Å²) in [5.74, 6) is 0. The second-order valence-electron chi connectivity index (χ2n) is 4.13. The molecule has 5 heteroatoms. The standard InChI is InChI=1S/C15H14BrNO2S/c1-20(14-9-7-13(16)8-10-14)17-15(18)19-11-12-5-3-2-4-6-12/h2-10H,11H2,1H3/p+1. The smallest absolute Gasteiger partial charge is 0.442 e. The van der Waals surface area contributed by atoms with Crippen LogP contribution >= 0.6 is 15.9 Å². The van der Waals surface area contributed by atoms with Crippen LogP contribution in [-0.4, -0.2) is 12.3 Å². The van der Waals surface area contributed by atoms with Gasteiger partial charge in [0.05, 0.1) is 0 Å². The van der Waals surface area contributed by atoms with Gasteiger partial charge in [0.1, 0.15) is 23.9 Å². The van der Waals surface area contributed by atoms with E-state index in [0.29, 0.717) is 0 Å². The fourth-order valence-electron chi connectivity index (χ4n) is 1.58. The van der Waals surface area contributed by atoms with Gasteiger partial charge in [0.15, 0.2) is 4.90 Å². The van der Waals surface area contributed by atoms with Crippen LogP contribution in [0.2, 0.25) is 0 Å². The maximum absolute atomic E-state index is 11.7. The van der Waals surface area contributed by atoms with Crippen molar-refractivity contribution in [3.05, 3.63) is 64.6 Å². The Kier molecular flexibility index (Phi) is 5.49. The number of carbonyl (C=O) groups is 1. The van der Waals surface area contributed by atoms with Gasteiger partial charge in [-0.05, 0) is 29.8 Å². The lowest BCUT2D eigenvalue weighted by molar-refractivity contribution is 0.146. The predicted molar refractivity (Wildman–Crippen MR) is 85.5 cm³/mol. The molecule has 1 N–H and O–H groups in total. The van der Waals surface area contributed by atoms with Gasteiger partial charge in [-0.3, -0.25) is 0 Å². The van der Waals surface area contributed by atoms with Gasteiger partial charge >= 0.3 is 6.09 Å². The maximum Gasteiger partial charge on any atom is 0.449 e. The summed E-state index contributed by atoms with van der Waals surface area (Å²) in [7, 11) is 0. The fourth-order valence-corrected chi connectivity index (χ4v) is 2.81. The molecule has 0 saturated heterocycles. The molecule has 3 nitrogen and oxygen atoms in total. The number of carbonyl (C=O) groups excluding carboxylic acids is 1. The molecule has 0 aliphatic heterocycles. The number of rotatable bonds is 4. The van der Waals surface area contributed by atoms with Crippen LogP contribution in [0.1, 0.15) is 5.56 Å². The zero-order valence-corrected chi connectivity index (χ0v) is 13.4. The van der Waals surface area contributed by atoms with Crippen molar-refractivity contribution in [3.8, 4) is 0 Å². The summed E-state index contributed by atoms with van der Waals surface area (Å²) in [4.78, 5) is 12.8. The van der Waals surface area contributed by atoms with E-state index in [0.717, 1.165) is 14.9 Å². The Morgan fingerprint density at radius 1 is 1.15 bits per heavy atom. The van der Waals surface area contributed by atoms with Gasteiger partial charge in [-0.15, -0.1) is 4.72 Å². The molecule has 0 aliphatic rings. The molecule has 0 aliphatic carbocycles. The molecule has 0 radical (unpaired) electrons. The lowest BCUT2D eigenvalue weighted by atomic mass is 10.2. The normalized spacial score (nSPS) is 11.7. The van der Waals surface area contributed by atoms with Crippen molar-refractivity contribution in [1.29, 1.82) is 0 Å². The molecule has 0 heterocycles. The zero-order chi connectivity index (χ0) is 14.4. The SMILES string of the molecule is C[S+](NC(=O)OCc1ccccc1)c1ccc(Br)cc1. The Morgan fingerprint density at radius 3 is 2.45 bits per heavy atom. The molecule has 0 bridgehead atoms. The number of hydrogen-bond acceptors (Lipinski definition) is 2. The van der Waals surface area contributed by atoms with Crippen molar-refractivity contribution >= 4 is 33.1 Å². The van der Waals surface area contributed by atoms with Crippen LogP contribution in [0.15, 0.2) is 64.0 Å². The van der Waals surface area contributed by atoms with E-state index in [4.69, 9.17) is 4.74 Å². The molecule has 0 aromatic heterocycles. The fraction of sp³-hybridized carbons (Fsp3) is 0.133. The van der Waals surface area contributed by atoms with Gasteiger partial charge in [-0.1, -0.05) is 46.3 Å². The maximum atomic E-state index is 11.7. The third-order valence-electron chi connectivity index (χ3n) is 2.62. The van der Waals surface area contributed by atoms with E-state index in [2.05, 4.69) is 20.7 Å². The van der Waals surface area contributed by atoms with Crippen LogP contribution in [0.5, 0.6) is 0 Å². The minimum absolute atomic E-state index is 0.282. The quantitative estimate of drug-likeness (QED) is 0.847. The molecule has 0 fully saturated rings. The highest BCUT2D eigenvalue weighted by molar-refractivity contribution is 9.10. The van der Waals surface area contributed by atoms with Crippen LogP contribution in [0, 0.1) is 0 Å². The number of halogens is 1. The van der Waals surface area contributed by atoms with E-state index in [1.54, 1.807) is 0 Å². The van der Waals surface area contributed by atoms with Crippen LogP contribution in [-0.2, 0) is 22.4 Å². The first kappa shape index (κ1) is 14.9. The lowest BCUT2D eigenvalue weighted by Gasteiger charge is -2.06. The Bertz CT molecular complexity index is 560. The highest BCUT2D eigenvalue weighted by Gasteiger charge is 2.20. The summed E-state index contributed by atoms with van der Waals surface area (Å²) in [5.41, 5.74) is 0.974. The first-order chi connectivity index (χ1) is 9.65. The number of ether oxygens (including phenoxy) is 1. The lowest BCUT2D eigenvalue weighted by Crippen LogP contribution is -2.30. The molecule has 0 spiro atoms. The van der Waals surface area contributed by atoms with Crippen molar-refractivity contribution in [3.63, 3.8) is 0 Å². The van der Waals surface area contributed by atoms with E-state index in [1.165, 1.54) is 0 Å². The molecule has 104 valence electrons. The average molecular weight is 353 g/mol. The van der Waals surface area contributed by atoms with Crippen LogP contribution in [0.3, 0.4) is 0 Å². The van der Waals surface area contributed by atoms with Gasteiger partial charge in [0, 0.05) is 4.47 Å². The Morgan fingerprint density at radius 2 is 1.80 bits per heavy atom. The van der Waals surface area contributed by atoms with Crippen molar-refractivity contribution in [2.24, 2.45) is 0 Å².